The molecular formula is C20H40O8S. The van der Waals surface area contributed by atoms with Crippen molar-refractivity contribution in [1.82, 2.24) is 0 Å². The van der Waals surface area contributed by atoms with Gasteiger partial charge in [0, 0.05) is 0 Å². The van der Waals surface area contributed by atoms with Gasteiger partial charge in [-0.1, -0.05) is 66.2 Å². The van der Waals surface area contributed by atoms with Crippen molar-refractivity contribution in [2.45, 2.75) is 91.9 Å². The van der Waals surface area contributed by atoms with E-state index < -0.39 is 22.3 Å². The molecule has 2 N–H and O–H groups in total. The number of hydrogen-bond donors (Lipinski definition) is 2. The molecule has 0 unspecified atom stereocenters. The van der Waals surface area contributed by atoms with Crippen LogP contribution in [0.25, 0.3) is 0 Å². The molecular weight excluding hydrogens is 400 g/mol. The summed E-state index contributed by atoms with van der Waals surface area (Å²) >= 11 is 0. The molecule has 0 radical (unpaired) electrons. The summed E-state index contributed by atoms with van der Waals surface area (Å²) in [5, 5.41) is 15.8. The molecule has 0 amide bonds. The molecule has 9 heteroatoms. The van der Waals surface area contributed by atoms with Gasteiger partial charge in [0.2, 0.25) is 0 Å². The van der Waals surface area contributed by atoms with Gasteiger partial charge in [-0.05, 0) is 24.7 Å². The highest BCUT2D eigenvalue weighted by Gasteiger charge is 2.11. The van der Waals surface area contributed by atoms with Gasteiger partial charge in [-0.25, -0.2) is 8.37 Å². The van der Waals surface area contributed by atoms with E-state index in [0.717, 1.165) is 38.5 Å². The van der Waals surface area contributed by atoms with Crippen LogP contribution >= 0.6 is 0 Å². The fourth-order valence-corrected chi connectivity index (χ4v) is 2.94. The first-order valence-corrected chi connectivity index (χ1v) is 11.8. The number of rotatable bonds is 17. The molecule has 0 aromatic heterocycles. The molecule has 0 aliphatic heterocycles. The predicted molar refractivity (Wildman–Crippen MR) is 112 cm³/mol. The molecule has 0 spiro atoms. The summed E-state index contributed by atoms with van der Waals surface area (Å²) in [4.78, 5) is 19.3. The maximum absolute atomic E-state index is 11.5. The SMILES string of the molecule is CC(C)CCCCCOS(=O)(=O)OCCCCCC(C)C.O=C(O)CCC(=O)O. The van der Waals surface area contributed by atoms with E-state index in [1.54, 1.807) is 0 Å². The quantitative estimate of drug-likeness (QED) is 0.313. The first-order valence-electron chi connectivity index (χ1n) is 10.4. The minimum Gasteiger partial charge on any atom is -0.481 e. The molecule has 0 bridgehead atoms. The molecule has 0 fully saturated rings. The highest BCUT2D eigenvalue weighted by atomic mass is 32.3. The summed E-state index contributed by atoms with van der Waals surface area (Å²) < 4.78 is 32.6. The zero-order chi connectivity index (χ0) is 22.7. The van der Waals surface area contributed by atoms with E-state index in [-0.39, 0.29) is 26.1 Å². The van der Waals surface area contributed by atoms with Gasteiger partial charge in [0.05, 0.1) is 26.1 Å². The molecule has 0 aromatic rings. The van der Waals surface area contributed by atoms with Crippen LogP contribution in [0, 0.1) is 11.8 Å². The maximum Gasteiger partial charge on any atom is 0.399 e. The Kier molecular flexibility index (Phi) is 19.5. The van der Waals surface area contributed by atoms with E-state index in [9.17, 15) is 18.0 Å². The fraction of sp³-hybridized carbons (Fsp3) is 0.900. The molecule has 0 aromatic carbocycles. The summed E-state index contributed by atoms with van der Waals surface area (Å²) in [6.07, 6.45) is 7.55. The third-order valence-corrected chi connectivity index (χ3v) is 4.77. The number of carbonyl (C=O) groups is 2. The monoisotopic (exact) mass is 440 g/mol. The number of carboxylic acids is 2. The second-order valence-electron chi connectivity index (χ2n) is 7.83. The third-order valence-electron chi connectivity index (χ3n) is 3.86. The summed E-state index contributed by atoms with van der Waals surface area (Å²) in [6, 6.07) is 0. The third kappa shape index (κ3) is 29.1. The minimum atomic E-state index is -3.79. The van der Waals surface area contributed by atoms with Gasteiger partial charge < -0.3 is 10.2 Å². The summed E-state index contributed by atoms with van der Waals surface area (Å²) in [5.74, 6) is -0.748. The molecule has 0 saturated heterocycles. The van der Waals surface area contributed by atoms with E-state index in [0.29, 0.717) is 11.8 Å². The fourth-order valence-electron chi connectivity index (χ4n) is 2.23. The molecule has 8 nitrogen and oxygen atoms in total. The van der Waals surface area contributed by atoms with Gasteiger partial charge in [-0.15, -0.1) is 0 Å². The largest absolute Gasteiger partial charge is 0.481 e. The lowest BCUT2D eigenvalue weighted by atomic mass is 10.1. The van der Waals surface area contributed by atoms with Crippen LogP contribution in [0.1, 0.15) is 91.9 Å². The number of carboxylic acid groups (broad SMARTS) is 2. The van der Waals surface area contributed by atoms with E-state index in [2.05, 4.69) is 27.7 Å². The lowest BCUT2D eigenvalue weighted by molar-refractivity contribution is -0.143. The van der Waals surface area contributed by atoms with Crippen molar-refractivity contribution in [2.24, 2.45) is 11.8 Å². The average Bonchev–Trinajstić information content (AvgIpc) is 2.59. The van der Waals surface area contributed by atoms with Crippen LogP contribution in [0.15, 0.2) is 0 Å². The van der Waals surface area contributed by atoms with E-state index in [4.69, 9.17) is 18.6 Å². The smallest absolute Gasteiger partial charge is 0.399 e. The van der Waals surface area contributed by atoms with Gasteiger partial charge in [0.25, 0.3) is 0 Å². The van der Waals surface area contributed by atoms with Gasteiger partial charge >= 0.3 is 22.3 Å². The van der Waals surface area contributed by atoms with Crippen molar-refractivity contribution in [2.75, 3.05) is 13.2 Å². The number of unbranched alkanes of at least 4 members (excludes halogenated alkanes) is 4. The van der Waals surface area contributed by atoms with Crippen molar-refractivity contribution in [3.05, 3.63) is 0 Å². The highest BCUT2D eigenvalue weighted by Crippen LogP contribution is 2.10. The van der Waals surface area contributed by atoms with Crippen molar-refractivity contribution in [3.63, 3.8) is 0 Å². The van der Waals surface area contributed by atoms with Crippen molar-refractivity contribution in [1.29, 1.82) is 0 Å². The zero-order valence-electron chi connectivity index (χ0n) is 18.4. The van der Waals surface area contributed by atoms with Gasteiger partial charge in [-0.2, -0.15) is 8.42 Å². The minimum absolute atomic E-state index is 0.230. The normalized spacial score (nSPS) is 11.4. The Bertz CT molecular complexity index is 475. The van der Waals surface area contributed by atoms with Gasteiger partial charge in [0.15, 0.2) is 0 Å². The molecule has 0 atom stereocenters. The summed E-state index contributed by atoms with van der Waals surface area (Å²) in [5.41, 5.74) is 0. The van der Waals surface area contributed by atoms with Crippen molar-refractivity contribution >= 4 is 22.3 Å². The Labute approximate surface area is 176 Å². The molecule has 0 rings (SSSR count). The summed E-state index contributed by atoms with van der Waals surface area (Å²) in [6.45, 7) is 9.22. The van der Waals surface area contributed by atoms with Crippen LogP contribution in [-0.4, -0.2) is 43.8 Å². The summed E-state index contributed by atoms with van der Waals surface area (Å²) in [7, 11) is -3.79. The Morgan fingerprint density at radius 1 is 0.690 bits per heavy atom. The van der Waals surface area contributed by atoms with Crippen LogP contribution in [0.3, 0.4) is 0 Å². The Morgan fingerprint density at radius 2 is 1.03 bits per heavy atom. The molecule has 174 valence electrons. The van der Waals surface area contributed by atoms with E-state index in [1.165, 1.54) is 12.8 Å². The topological polar surface area (TPSA) is 127 Å². The highest BCUT2D eigenvalue weighted by molar-refractivity contribution is 7.81. The maximum atomic E-state index is 11.5. The first-order chi connectivity index (χ1) is 13.5. The van der Waals surface area contributed by atoms with Crippen LogP contribution in [-0.2, 0) is 28.4 Å². The standard InChI is InChI=1S/C16H34O4S.C4H6O4/c1-15(2)11-7-5-9-13-19-21(17,18)20-14-10-6-8-12-16(3)4;5-3(6)1-2-4(7)8/h15-16H,5-14H2,1-4H3;1-2H2,(H,5,6)(H,7,8). The Morgan fingerprint density at radius 3 is 1.31 bits per heavy atom. The Balaban J connectivity index is 0. The van der Waals surface area contributed by atoms with Crippen molar-refractivity contribution < 1.29 is 36.6 Å². The average molecular weight is 441 g/mol. The second kappa shape index (κ2) is 18.8. The Hall–Kier alpha value is -1.19. The van der Waals surface area contributed by atoms with Crippen molar-refractivity contribution in [3.8, 4) is 0 Å². The molecule has 0 heterocycles. The predicted octanol–water partition coefficient (Wildman–Crippen LogP) is 4.63. The van der Waals surface area contributed by atoms with Gasteiger partial charge in [-0.3, -0.25) is 9.59 Å². The first kappa shape index (κ1) is 30.0. The van der Waals surface area contributed by atoms with Gasteiger partial charge in [0.1, 0.15) is 0 Å². The number of hydrogen-bond acceptors (Lipinski definition) is 6. The second-order valence-corrected chi connectivity index (χ2v) is 9.11. The molecule has 0 saturated carbocycles. The van der Waals surface area contributed by atoms with Crippen LogP contribution in [0.5, 0.6) is 0 Å². The van der Waals surface area contributed by atoms with Crippen LogP contribution in [0.2, 0.25) is 0 Å². The molecule has 29 heavy (non-hydrogen) atoms. The number of aliphatic carboxylic acids is 2. The lowest BCUT2D eigenvalue weighted by Gasteiger charge is -2.07. The zero-order valence-corrected chi connectivity index (χ0v) is 19.2. The van der Waals surface area contributed by atoms with E-state index >= 15 is 0 Å². The van der Waals surface area contributed by atoms with Crippen LogP contribution < -0.4 is 0 Å². The van der Waals surface area contributed by atoms with Crippen LogP contribution in [0.4, 0.5) is 0 Å². The lowest BCUT2D eigenvalue weighted by Crippen LogP contribution is -2.12. The molecule has 0 aliphatic carbocycles. The molecule has 0 aliphatic rings. The van der Waals surface area contributed by atoms with E-state index in [1.807, 2.05) is 0 Å².